The number of benzene rings is 2. The van der Waals surface area contributed by atoms with Gasteiger partial charge in [0.2, 0.25) is 0 Å². The number of halogens is 2. The number of rotatable bonds is 13. The number of anilines is 2. The Kier molecular flexibility index (Phi) is 12.4. The molecule has 2 heterocycles. The van der Waals surface area contributed by atoms with Crippen molar-refractivity contribution in [2.45, 2.75) is 24.9 Å². The van der Waals surface area contributed by atoms with Crippen LogP contribution in [0, 0.1) is 5.82 Å². The van der Waals surface area contributed by atoms with Crippen LogP contribution >= 0.6 is 11.6 Å². The quantitative estimate of drug-likeness (QED) is 0.171. The summed E-state index contributed by atoms with van der Waals surface area (Å²) in [6.45, 7) is 5.00. The summed E-state index contributed by atoms with van der Waals surface area (Å²) in [6, 6.07) is 8.09. The average molecular weight is 639 g/mol. The van der Waals surface area contributed by atoms with Crippen molar-refractivity contribution in [1.82, 2.24) is 14.9 Å². The Labute approximate surface area is 255 Å². The maximum atomic E-state index is 13.5. The number of nitrogens with zero attached hydrogens (tertiary/aromatic N) is 3. The zero-order valence-electron chi connectivity index (χ0n) is 23.7. The molecule has 44 heavy (non-hydrogen) atoms. The number of carboxylic acids is 3. The fourth-order valence-electron chi connectivity index (χ4n) is 4.16. The van der Waals surface area contributed by atoms with Crippen LogP contribution in [0.25, 0.3) is 10.9 Å². The highest BCUT2D eigenvalue weighted by atomic mass is 35.5. The lowest BCUT2D eigenvalue weighted by molar-refractivity contribution is -0.170. The second kappa shape index (κ2) is 16.0. The largest absolute Gasteiger partial charge is 0.493 e. The fourth-order valence-corrected chi connectivity index (χ4v) is 4.34. The molecule has 3 aromatic rings. The highest BCUT2D eigenvalue weighted by Gasteiger charge is 2.40. The van der Waals surface area contributed by atoms with E-state index in [2.05, 4.69) is 20.2 Å². The van der Waals surface area contributed by atoms with E-state index in [1.165, 1.54) is 18.5 Å². The van der Waals surface area contributed by atoms with Crippen molar-refractivity contribution in [2.75, 3.05) is 51.9 Å². The van der Waals surface area contributed by atoms with E-state index in [1.54, 1.807) is 13.2 Å². The zero-order chi connectivity index (χ0) is 32.3. The lowest BCUT2D eigenvalue weighted by Gasteiger charge is -2.26. The van der Waals surface area contributed by atoms with Gasteiger partial charge in [0, 0.05) is 36.8 Å². The van der Waals surface area contributed by atoms with Crippen molar-refractivity contribution in [2.24, 2.45) is 0 Å². The van der Waals surface area contributed by atoms with Gasteiger partial charge in [-0.3, -0.25) is 14.5 Å². The molecule has 0 aliphatic carbocycles. The number of aliphatic hydroxyl groups is 1. The average Bonchev–Trinajstić information content (AvgIpc) is 2.97. The number of methoxy groups -OCH3 is 1. The normalized spacial score (nSPS) is 13.5. The summed E-state index contributed by atoms with van der Waals surface area (Å²) in [5.41, 5.74) is -1.42. The number of morpholine rings is 1. The summed E-state index contributed by atoms with van der Waals surface area (Å²) < 4.78 is 30.4. The molecule has 0 radical (unpaired) electrons. The van der Waals surface area contributed by atoms with E-state index < -0.39 is 42.2 Å². The summed E-state index contributed by atoms with van der Waals surface area (Å²) in [5, 5.41) is 37.8. The zero-order valence-corrected chi connectivity index (χ0v) is 24.4. The predicted octanol–water partition coefficient (Wildman–Crippen LogP) is 3.03. The number of aliphatic carboxylic acids is 3. The molecule has 14 nitrogen and oxygen atoms in total. The highest BCUT2D eigenvalue weighted by Crippen LogP contribution is 2.35. The molecule has 0 saturated carbocycles. The van der Waals surface area contributed by atoms with Gasteiger partial charge >= 0.3 is 17.9 Å². The van der Waals surface area contributed by atoms with Crippen molar-refractivity contribution in [3.63, 3.8) is 0 Å². The SMILES string of the molecule is COc1cc2ncnc(Nc3ccc(F)c(Cl)c3)c2cc1OCCCN1CCOCC1.O=C(O)CC(O)(CC(=O)O)C(=O)O. The van der Waals surface area contributed by atoms with E-state index >= 15 is 0 Å². The molecular weight excluding hydrogens is 607 g/mol. The number of hydrogen-bond donors (Lipinski definition) is 5. The van der Waals surface area contributed by atoms with Crippen LogP contribution in [-0.4, -0.2) is 105 Å². The highest BCUT2D eigenvalue weighted by molar-refractivity contribution is 6.31. The summed E-state index contributed by atoms with van der Waals surface area (Å²) in [5.74, 6) is -3.71. The Balaban J connectivity index is 0.000000345. The number of hydrogen-bond acceptors (Lipinski definition) is 11. The molecule has 5 N–H and O–H groups in total. The van der Waals surface area contributed by atoms with Crippen molar-refractivity contribution in [1.29, 1.82) is 0 Å². The first-order valence-corrected chi connectivity index (χ1v) is 13.7. The Bertz CT molecular complexity index is 1460. The van der Waals surface area contributed by atoms with Crippen LogP contribution in [0.5, 0.6) is 11.5 Å². The molecule has 1 saturated heterocycles. The maximum absolute atomic E-state index is 13.5. The van der Waals surface area contributed by atoms with Crippen LogP contribution < -0.4 is 14.8 Å². The summed E-state index contributed by atoms with van der Waals surface area (Å²) in [4.78, 5) is 41.5. The lowest BCUT2D eigenvalue weighted by atomic mass is 9.96. The number of aromatic nitrogens is 2. The van der Waals surface area contributed by atoms with Gasteiger partial charge in [0.1, 0.15) is 18.0 Å². The number of carbonyl (C=O) groups is 3. The van der Waals surface area contributed by atoms with E-state index in [0.717, 1.165) is 44.7 Å². The van der Waals surface area contributed by atoms with Gasteiger partial charge in [0.15, 0.2) is 17.1 Å². The Hall–Kier alpha value is -4.31. The first-order valence-electron chi connectivity index (χ1n) is 13.3. The molecule has 2 aromatic carbocycles. The molecule has 16 heteroatoms. The summed E-state index contributed by atoms with van der Waals surface area (Å²) in [6.07, 6.45) is 0.0625. The van der Waals surface area contributed by atoms with Gasteiger partial charge in [-0.1, -0.05) is 11.6 Å². The van der Waals surface area contributed by atoms with Crippen LogP contribution in [0.3, 0.4) is 0 Å². The molecule has 0 amide bonds. The topological polar surface area (TPSA) is 201 Å². The van der Waals surface area contributed by atoms with Gasteiger partial charge in [0.25, 0.3) is 0 Å². The Morgan fingerprint density at radius 2 is 1.75 bits per heavy atom. The van der Waals surface area contributed by atoms with Crippen LogP contribution in [0.15, 0.2) is 36.7 Å². The van der Waals surface area contributed by atoms with Crippen molar-refractivity contribution in [3.8, 4) is 11.5 Å². The van der Waals surface area contributed by atoms with Gasteiger partial charge in [-0.05, 0) is 30.7 Å². The van der Waals surface area contributed by atoms with E-state index in [9.17, 15) is 18.8 Å². The minimum absolute atomic E-state index is 0.0364. The van der Waals surface area contributed by atoms with Crippen LogP contribution in [0.1, 0.15) is 19.3 Å². The summed E-state index contributed by atoms with van der Waals surface area (Å²) in [7, 11) is 1.60. The molecule has 1 aliphatic rings. The minimum Gasteiger partial charge on any atom is -0.493 e. The van der Waals surface area contributed by atoms with Crippen LogP contribution in [0.4, 0.5) is 15.9 Å². The van der Waals surface area contributed by atoms with Gasteiger partial charge in [-0.15, -0.1) is 0 Å². The molecule has 1 aromatic heterocycles. The molecule has 1 aliphatic heterocycles. The first-order chi connectivity index (χ1) is 20.9. The van der Waals surface area contributed by atoms with E-state index in [4.69, 9.17) is 46.2 Å². The van der Waals surface area contributed by atoms with Crippen molar-refractivity contribution >= 4 is 51.9 Å². The molecule has 0 unspecified atom stereocenters. The number of nitrogens with one attached hydrogen (secondary N) is 1. The predicted molar refractivity (Wildman–Crippen MR) is 155 cm³/mol. The van der Waals surface area contributed by atoms with E-state index in [1.807, 2.05) is 12.1 Å². The lowest BCUT2D eigenvalue weighted by Crippen LogP contribution is -2.42. The standard InChI is InChI=1S/C22H24ClFN4O3.C6H8O7/c1-29-20-13-19-16(12-21(20)31-8-2-5-28-6-9-30-10-7-28)22(26-14-25-19)27-15-3-4-18(24)17(23)11-15;7-3(8)1-6(13,5(11)12)2-4(9)10/h3-4,11-14H,2,5-10H2,1H3,(H,25,26,27);13H,1-2H2,(H,7,8)(H,9,10)(H,11,12). The van der Waals surface area contributed by atoms with E-state index in [-0.39, 0.29) is 5.02 Å². The second-order valence-electron chi connectivity index (χ2n) is 9.63. The van der Waals surface area contributed by atoms with Gasteiger partial charge in [-0.2, -0.15) is 0 Å². The van der Waals surface area contributed by atoms with Gasteiger partial charge < -0.3 is 40.0 Å². The van der Waals surface area contributed by atoms with Crippen LogP contribution in [0.2, 0.25) is 5.02 Å². The Morgan fingerprint density at radius 1 is 1.07 bits per heavy atom. The number of ether oxygens (including phenoxy) is 3. The second-order valence-corrected chi connectivity index (χ2v) is 10.0. The number of carboxylic acid groups (broad SMARTS) is 3. The molecule has 238 valence electrons. The summed E-state index contributed by atoms with van der Waals surface area (Å²) >= 11 is 5.90. The van der Waals surface area contributed by atoms with Crippen LogP contribution in [-0.2, 0) is 19.1 Å². The maximum Gasteiger partial charge on any atom is 0.336 e. The van der Waals surface area contributed by atoms with Crippen molar-refractivity contribution in [3.05, 3.63) is 47.5 Å². The minimum atomic E-state index is -2.74. The third kappa shape index (κ3) is 9.87. The fraction of sp³-hybridized carbons (Fsp3) is 0.393. The molecular formula is C28H32ClFN4O10. The smallest absolute Gasteiger partial charge is 0.336 e. The third-order valence-corrected chi connectivity index (χ3v) is 6.66. The van der Waals surface area contributed by atoms with E-state index in [0.29, 0.717) is 35.1 Å². The molecule has 0 spiro atoms. The molecule has 1 fully saturated rings. The molecule has 0 atom stereocenters. The van der Waals surface area contributed by atoms with Gasteiger partial charge in [0.05, 0.1) is 50.3 Å². The number of fused-ring (bicyclic) bond motifs is 1. The van der Waals surface area contributed by atoms with Crippen molar-refractivity contribution < 1.29 is 53.4 Å². The monoisotopic (exact) mass is 638 g/mol. The first kappa shape index (κ1) is 34.2. The van der Waals surface area contributed by atoms with Gasteiger partial charge in [-0.25, -0.2) is 19.2 Å². The Morgan fingerprint density at radius 3 is 2.34 bits per heavy atom. The molecule has 4 rings (SSSR count). The molecule has 0 bridgehead atoms. The third-order valence-electron chi connectivity index (χ3n) is 6.37.